The van der Waals surface area contributed by atoms with E-state index in [2.05, 4.69) is 129 Å². The second-order valence-electron chi connectivity index (χ2n) is 10.6. The normalized spacial score (nSPS) is 14.8. The lowest BCUT2D eigenvalue weighted by Gasteiger charge is -2.45. The molecule has 174 valence electrons. The van der Waals surface area contributed by atoms with E-state index >= 15 is 0 Å². The Bertz CT molecular complexity index is 1030. The van der Waals surface area contributed by atoms with Crippen molar-refractivity contribution < 1.29 is 0 Å². The van der Waals surface area contributed by atoms with Crippen LogP contribution in [-0.2, 0) is 11.8 Å². The van der Waals surface area contributed by atoms with Gasteiger partial charge in [0.2, 0.25) is 0 Å². The van der Waals surface area contributed by atoms with Gasteiger partial charge in [-0.1, -0.05) is 77.9 Å². The molecule has 3 aromatic carbocycles. The van der Waals surface area contributed by atoms with Crippen LogP contribution in [0.25, 0.3) is 0 Å². The molecule has 33 heavy (non-hydrogen) atoms. The third kappa shape index (κ3) is 5.35. The quantitative estimate of drug-likeness (QED) is 0.409. The van der Waals surface area contributed by atoms with E-state index < -0.39 is 0 Å². The Balaban J connectivity index is 1.64. The van der Waals surface area contributed by atoms with E-state index in [0.29, 0.717) is 5.92 Å². The molecule has 0 N–H and O–H groups in total. The van der Waals surface area contributed by atoms with Gasteiger partial charge in [-0.05, 0) is 70.8 Å². The van der Waals surface area contributed by atoms with Gasteiger partial charge in [-0.15, -0.1) is 0 Å². The standard InChI is InChI=1S/C30H39N3/c1-7-24-8-14-27(15-9-24)31-20-32(28-16-10-25(11-17-28)23(2)3)22-33(21-31)29-18-12-26(13-19-29)30(4,5)6/h8-19,23H,7,20-22H2,1-6H3. The number of nitrogens with zero attached hydrogens (tertiary/aromatic N) is 3. The van der Waals surface area contributed by atoms with Gasteiger partial charge in [0.1, 0.15) is 0 Å². The molecule has 0 unspecified atom stereocenters. The van der Waals surface area contributed by atoms with Crippen LogP contribution in [0.15, 0.2) is 72.8 Å². The molecule has 0 radical (unpaired) electrons. The van der Waals surface area contributed by atoms with Gasteiger partial charge in [0, 0.05) is 17.1 Å². The zero-order chi connectivity index (χ0) is 23.6. The van der Waals surface area contributed by atoms with Gasteiger partial charge in [0.05, 0.1) is 20.0 Å². The molecule has 0 bridgehead atoms. The molecule has 1 aliphatic heterocycles. The molecular formula is C30H39N3. The van der Waals surface area contributed by atoms with Crippen LogP contribution in [0.3, 0.4) is 0 Å². The van der Waals surface area contributed by atoms with E-state index in [4.69, 9.17) is 0 Å². The summed E-state index contributed by atoms with van der Waals surface area (Å²) in [6, 6.07) is 27.3. The van der Waals surface area contributed by atoms with Crippen molar-refractivity contribution in [2.45, 2.75) is 59.3 Å². The molecule has 1 aliphatic rings. The number of anilines is 3. The maximum absolute atomic E-state index is 2.47. The Morgan fingerprint density at radius 3 is 1.39 bits per heavy atom. The van der Waals surface area contributed by atoms with E-state index in [1.165, 1.54) is 33.8 Å². The summed E-state index contributed by atoms with van der Waals surface area (Å²) in [5.74, 6) is 0.548. The van der Waals surface area contributed by atoms with Crippen molar-refractivity contribution in [2.75, 3.05) is 34.7 Å². The van der Waals surface area contributed by atoms with Crippen molar-refractivity contribution in [3.8, 4) is 0 Å². The highest BCUT2D eigenvalue weighted by Gasteiger charge is 2.25. The van der Waals surface area contributed by atoms with Crippen molar-refractivity contribution in [1.82, 2.24) is 0 Å². The minimum absolute atomic E-state index is 0.164. The summed E-state index contributed by atoms with van der Waals surface area (Å²) in [7, 11) is 0. The third-order valence-electron chi connectivity index (χ3n) is 6.76. The second-order valence-corrected chi connectivity index (χ2v) is 10.6. The Hall–Kier alpha value is -2.94. The van der Waals surface area contributed by atoms with Crippen molar-refractivity contribution >= 4 is 17.1 Å². The third-order valence-corrected chi connectivity index (χ3v) is 6.76. The molecule has 0 saturated carbocycles. The van der Waals surface area contributed by atoms with Crippen LogP contribution in [-0.4, -0.2) is 20.0 Å². The molecule has 1 heterocycles. The van der Waals surface area contributed by atoms with Crippen LogP contribution in [0.4, 0.5) is 17.1 Å². The average Bonchev–Trinajstić information content (AvgIpc) is 2.83. The first-order valence-corrected chi connectivity index (χ1v) is 12.3. The fourth-order valence-corrected chi connectivity index (χ4v) is 4.43. The maximum Gasteiger partial charge on any atom is 0.0937 e. The Labute approximate surface area is 200 Å². The lowest BCUT2D eigenvalue weighted by atomic mass is 9.87. The van der Waals surface area contributed by atoms with Crippen LogP contribution in [0.2, 0.25) is 0 Å². The van der Waals surface area contributed by atoms with Crippen LogP contribution in [0, 0.1) is 0 Å². The zero-order valence-corrected chi connectivity index (χ0v) is 21.2. The smallest absolute Gasteiger partial charge is 0.0937 e. The summed E-state index contributed by atoms with van der Waals surface area (Å²) >= 11 is 0. The molecule has 0 spiro atoms. The first-order valence-electron chi connectivity index (χ1n) is 12.3. The van der Waals surface area contributed by atoms with E-state index in [-0.39, 0.29) is 5.41 Å². The van der Waals surface area contributed by atoms with Crippen LogP contribution < -0.4 is 14.7 Å². The fourth-order valence-electron chi connectivity index (χ4n) is 4.43. The Kier molecular flexibility index (Phi) is 6.69. The van der Waals surface area contributed by atoms with Gasteiger partial charge in [0.25, 0.3) is 0 Å². The molecule has 3 nitrogen and oxygen atoms in total. The van der Waals surface area contributed by atoms with E-state index in [9.17, 15) is 0 Å². The number of hydrogen-bond donors (Lipinski definition) is 0. The van der Waals surface area contributed by atoms with E-state index in [0.717, 1.165) is 26.4 Å². The van der Waals surface area contributed by atoms with Crippen molar-refractivity contribution in [3.63, 3.8) is 0 Å². The first kappa shape index (κ1) is 23.2. The van der Waals surface area contributed by atoms with Crippen LogP contribution in [0.5, 0.6) is 0 Å². The minimum atomic E-state index is 0.164. The van der Waals surface area contributed by atoms with E-state index in [1.54, 1.807) is 0 Å². The topological polar surface area (TPSA) is 9.72 Å². The molecule has 1 saturated heterocycles. The summed E-state index contributed by atoms with van der Waals surface area (Å²) < 4.78 is 0. The van der Waals surface area contributed by atoms with Crippen LogP contribution in [0.1, 0.15) is 64.2 Å². The molecule has 0 aliphatic carbocycles. The highest BCUT2D eigenvalue weighted by Crippen LogP contribution is 2.30. The molecular weight excluding hydrogens is 402 g/mol. The predicted molar refractivity (Wildman–Crippen MR) is 144 cm³/mol. The molecule has 3 heteroatoms. The summed E-state index contributed by atoms with van der Waals surface area (Å²) in [5, 5.41) is 0. The van der Waals surface area contributed by atoms with Crippen LogP contribution >= 0.6 is 0 Å². The zero-order valence-electron chi connectivity index (χ0n) is 21.2. The second kappa shape index (κ2) is 9.51. The summed E-state index contributed by atoms with van der Waals surface area (Å²) in [6.07, 6.45) is 1.07. The predicted octanol–water partition coefficient (Wildman–Crippen LogP) is 7.38. The lowest BCUT2D eigenvalue weighted by Crippen LogP contribution is -2.55. The van der Waals surface area contributed by atoms with Crippen molar-refractivity contribution in [1.29, 1.82) is 0 Å². The number of benzene rings is 3. The Morgan fingerprint density at radius 1 is 0.636 bits per heavy atom. The average molecular weight is 442 g/mol. The molecule has 1 fully saturated rings. The first-order chi connectivity index (χ1) is 15.7. The largest absolute Gasteiger partial charge is 0.336 e. The summed E-state index contributed by atoms with van der Waals surface area (Å²) in [4.78, 5) is 7.41. The van der Waals surface area contributed by atoms with Crippen molar-refractivity contribution in [2.24, 2.45) is 0 Å². The number of aryl methyl sites for hydroxylation is 1. The van der Waals surface area contributed by atoms with Gasteiger partial charge in [0.15, 0.2) is 0 Å². The number of rotatable bonds is 5. The van der Waals surface area contributed by atoms with E-state index in [1.807, 2.05) is 0 Å². The lowest BCUT2D eigenvalue weighted by molar-refractivity contribution is 0.588. The van der Waals surface area contributed by atoms with Gasteiger partial charge in [-0.3, -0.25) is 0 Å². The SMILES string of the molecule is CCc1ccc(N2CN(c3ccc(C(C)C)cc3)CN(c3ccc(C(C)(C)C)cc3)C2)cc1. The van der Waals surface area contributed by atoms with Gasteiger partial charge in [-0.2, -0.15) is 0 Å². The number of hydrogen-bond acceptors (Lipinski definition) is 3. The fraction of sp³-hybridized carbons (Fsp3) is 0.400. The summed E-state index contributed by atoms with van der Waals surface area (Å²) in [6.45, 7) is 16.2. The summed E-state index contributed by atoms with van der Waals surface area (Å²) in [5.41, 5.74) is 8.11. The molecule has 0 amide bonds. The highest BCUT2D eigenvalue weighted by molar-refractivity contribution is 5.59. The highest BCUT2D eigenvalue weighted by atomic mass is 15.5. The van der Waals surface area contributed by atoms with Gasteiger partial charge >= 0.3 is 0 Å². The maximum atomic E-state index is 2.47. The van der Waals surface area contributed by atoms with Gasteiger partial charge in [-0.25, -0.2) is 0 Å². The van der Waals surface area contributed by atoms with Gasteiger partial charge < -0.3 is 14.7 Å². The minimum Gasteiger partial charge on any atom is -0.336 e. The monoisotopic (exact) mass is 441 g/mol. The Morgan fingerprint density at radius 2 is 1.03 bits per heavy atom. The molecule has 0 atom stereocenters. The molecule has 0 aromatic heterocycles. The molecule has 3 aromatic rings. The van der Waals surface area contributed by atoms with Crippen molar-refractivity contribution in [3.05, 3.63) is 89.5 Å². The molecule has 4 rings (SSSR count).